The van der Waals surface area contributed by atoms with Crippen LogP contribution in [0, 0.1) is 0 Å². The van der Waals surface area contributed by atoms with Crippen molar-refractivity contribution in [2.45, 2.75) is 19.4 Å². The lowest BCUT2D eigenvalue weighted by atomic mass is 10.1. The largest absolute Gasteiger partial charge is 0.279 e. The predicted octanol–water partition coefficient (Wildman–Crippen LogP) is 5.45. The van der Waals surface area contributed by atoms with Crippen LogP contribution in [0.5, 0.6) is 0 Å². The monoisotopic (exact) mass is 475 g/mol. The molecule has 1 saturated heterocycles. The van der Waals surface area contributed by atoms with Crippen molar-refractivity contribution < 1.29 is 14.4 Å². The van der Waals surface area contributed by atoms with Crippen molar-refractivity contribution in [3.8, 4) is 0 Å². The van der Waals surface area contributed by atoms with Gasteiger partial charge in [-0.15, -0.1) is 0 Å². The Morgan fingerprint density at radius 1 is 0.970 bits per heavy atom. The molecular formula is C25H18ClN3O3S. The first-order valence-electron chi connectivity index (χ1n) is 10.4. The van der Waals surface area contributed by atoms with Crippen molar-refractivity contribution >= 4 is 61.7 Å². The second kappa shape index (κ2) is 8.77. The van der Waals surface area contributed by atoms with Gasteiger partial charge in [0.2, 0.25) is 11.8 Å². The molecule has 6 nitrogen and oxygen atoms in total. The minimum absolute atomic E-state index is 0.214. The van der Waals surface area contributed by atoms with E-state index in [-0.39, 0.29) is 30.6 Å². The normalized spacial score (nSPS) is 13.7. The molecule has 0 bridgehead atoms. The Labute approximate surface area is 199 Å². The number of benzene rings is 3. The van der Waals surface area contributed by atoms with Gasteiger partial charge in [-0.05, 0) is 48.0 Å². The van der Waals surface area contributed by atoms with E-state index < -0.39 is 0 Å². The molecule has 0 atom stereocenters. The zero-order chi connectivity index (χ0) is 22.9. The van der Waals surface area contributed by atoms with Gasteiger partial charge in [-0.1, -0.05) is 53.3 Å². The fourth-order valence-corrected chi connectivity index (χ4v) is 5.01. The van der Waals surface area contributed by atoms with E-state index in [0.717, 1.165) is 15.8 Å². The van der Waals surface area contributed by atoms with Gasteiger partial charge >= 0.3 is 0 Å². The highest BCUT2D eigenvalue weighted by molar-refractivity contribution is 7.22. The summed E-state index contributed by atoms with van der Waals surface area (Å²) >= 11 is 7.53. The van der Waals surface area contributed by atoms with E-state index in [2.05, 4.69) is 4.98 Å². The Bertz CT molecular complexity index is 1350. The number of nitrogens with zero attached hydrogens (tertiary/aromatic N) is 3. The molecule has 1 aliphatic heterocycles. The number of anilines is 2. The molecule has 1 aliphatic rings. The highest BCUT2D eigenvalue weighted by atomic mass is 35.5. The first-order valence-corrected chi connectivity index (χ1v) is 11.6. The van der Waals surface area contributed by atoms with Crippen LogP contribution < -0.4 is 9.80 Å². The Morgan fingerprint density at radius 3 is 2.36 bits per heavy atom. The van der Waals surface area contributed by atoms with Crippen molar-refractivity contribution in [1.29, 1.82) is 0 Å². The number of amides is 3. The first kappa shape index (κ1) is 21.3. The Balaban J connectivity index is 1.49. The van der Waals surface area contributed by atoms with Crippen LogP contribution in [0.2, 0.25) is 5.02 Å². The van der Waals surface area contributed by atoms with E-state index in [9.17, 15) is 14.4 Å². The number of hydrogen-bond acceptors (Lipinski definition) is 5. The number of halogens is 1. The highest BCUT2D eigenvalue weighted by Gasteiger charge is 2.30. The SMILES string of the molecule is O=C(c1ccc(N2C(=O)CCC2=O)cc1)N(Cc1ccccc1)c1nc2ccc(Cl)cc2s1. The van der Waals surface area contributed by atoms with Gasteiger partial charge in [0.25, 0.3) is 5.91 Å². The summed E-state index contributed by atoms with van der Waals surface area (Å²) in [5, 5.41) is 1.18. The number of thiazole rings is 1. The third kappa shape index (κ3) is 4.25. The molecule has 1 fully saturated rings. The quantitative estimate of drug-likeness (QED) is 0.360. The zero-order valence-electron chi connectivity index (χ0n) is 17.4. The van der Waals surface area contributed by atoms with Crippen LogP contribution in [0.15, 0.2) is 72.8 Å². The van der Waals surface area contributed by atoms with Gasteiger partial charge in [-0.25, -0.2) is 4.98 Å². The standard InChI is InChI=1S/C25H18ClN3O3S/c26-18-8-11-20-21(14-18)33-25(27-20)28(15-16-4-2-1-3-5-16)24(32)17-6-9-19(10-7-17)29-22(30)12-13-23(29)31/h1-11,14H,12-13,15H2. The molecule has 0 unspecified atom stereocenters. The molecular weight excluding hydrogens is 458 g/mol. The molecule has 0 spiro atoms. The summed E-state index contributed by atoms with van der Waals surface area (Å²) < 4.78 is 0.893. The van der Waals surface area contributed by atoms with E-state index in [4.69, 9.17) is 11.6 Å². The molecule has 3 amide bonds. The maximum absolute atomic E-state index is 13.6. The van der Waals surface area contributed by atoms with Gasteiger partial charge in [-0.3, -0.25) is 24.2 Å². The summed E-state index contributed by atoms with van der Waals surface area (Å²) in [4.78, 5) is 45.1. The third-order valence-corrected chi connectivity index (χ3v) is 6.70. The maximum Gasteiger partial charge on any atom is 0.260 e. The van der Waals surface area contributed by atoms with Gasteiger partial charge < -0.3 is 0 Å². The van der Waals surface area contributed by atoms with E-state index >= 15 is 0 Å². The fraction of sp³-hybridized carbons (Fsp3) is 0.120. The summed E-state index contributed by atoms with van der Waals surface area (Å²) in [5.74, 6) is -0.675. The van der Waals surface area contributed by atoms with Gasteiger partial charge in [0.15, 0.2) is 5.13 Å². The van der Waals surface area contributed by atoms with Crippen molar-refractivity contribution in [1.82, 2.24) is 4.98 Å². The molecule has 0 radical (unpaired) electrons. The number of fused-ring (bicyclic) bond motifs is 1. The molecule has 0 aliphatic carbocycles. The number of carbonyl (C=O) groups excluding carboxylic acids is 3. The third-order valence-electron chi connectivity index (χ3n) is 5.42. The molecule has 0 N–H and O–H groups in total. The highest BCUT2D eigenvalue weighted by Crippen LogP contribution is 2.33. The minimum atomic E-state index is -0.227. The summed E-state index contributed by atoms with van der Waals surface area (Å²) in [6.07, 6.45) is 0.429. The van der Waals surface area contributed by atoms with E-state index in [1.54, 1.807) is 35.2 Å². The Kier molecular flexibility index (Phi) is 5.66. The van der Waals surface area contributed by atoms with Crippen LogP contribution in [-0.4, -0.2) is 22.7 Å². The number of carbonyl (C=O) groups is 3. The molecule has 164 valence electrons. The molecule has 3 aromatic carbocycles. The van der Waals surface area contributed by atoms with Crippen LogP contribution in [0.4, 0.5) is 10.8 Å². The van der Waals surface area contributed by atoms with Crippen molar-refractivity contribution in [2.75, 3.05) is 9.80 Å². The molecule has 0 saturated carbocycles. The second-order valence-electron chi connectivity index (χ2n) is 7.66. The average molecular weight is 476 g/mol. The van der Waals surface area contributed by atoms with Gasteiger partial charge in [0.05, 0.1) is 22.4 Å². The number of aromatic nitrogens is 1. The Morgan fingerprint density at radius 2 is 1.67 bits per heavy atom. The van der Waals surface area contributed by atoms with E-state index in [1.165, 1.54) is 16.2 Å². The van der Waals surface area contributed by atoms with Gasteiger partial charge in [0.1, 0.15) is 0 Å². The zero-order valence-corrected chi connectivity index (χ0v) is 19.0. The summed E-state index contributed by atoms with van der Waals surface area (Å²) in [6, 6.07) is 21.7. The molecule has 1 aromatic heterocycles. The lowest BCUT2D eigenvalue weighted by Gasteiger charge is -2.21. The van der Waals surface area contributed by atoms with Crippen LogP contribution >= 0.6 is 22.9 Å². The van der Waals surface area contributed by atoms with Crippen LogP contribution in [0.25, 0.3) is 10.2 Å². The number of hydrogen-bond donors (Lipinski definition) is 0. The van der Waals surface area contributed by atoms with Gasteiger partial charge in [-0.2, -0.15) is 0 Å². The second-order valence-corrected chi connectivity index (χ2v) is 9.10. The molecule has 4 aromatic rings. The minimum Gasteiger partial charge on any atom is -0.279 e. The predicted molar refractivity (Wildman–Crippen MR) is 130 cm³/mol. The first-order chi connectivity index (χ1) is 16.0. The maximum atomic E-state index is 13.6. The number of rotatable bonds is 5. The van der Waals surface area contributed by atoms with Crippen LogP contribution in [-0.2, 0) is 16.1 Å². The van der Waals surface area contributed by atoms with E-state index in [1.807, 2.05) is 42.5 Å². The van der Waals surface area contributed by atoms with Crippen molar-refractivity contribution in [3.05, 3.63) is 88.9 Å². The lowest BCUT2D eigenvalue weighted by molar-refractivity contribution is -0.121. The Hall–Kier alpha value is -3.55. The summed E-state index contributed by atoms with van der Waals surface area (Å²) in [6.45, 7) is 0.345. The molecule has 5 rings (SSSR count). The van der Waals surface area contributed by atoms with Gasteiger partial charge in [0, 0.05) is 23.4 Å². The molecule has 2 heterocycles. The van der Waals surface area contributed by atoms with Crippen molar-refractivity contribution in [3.63, 3.8) is 0 Å². The summed E-state index contributed by atoms with van der Waals surface area (Å²) in [5.41, 5.74) is 2.65. The number of imide groups is 1. The smallest absolute Gasteiger partial charge is 0.260 e. The topological polar surface area (TPSA) is 70.6 Å². The van der Waals surface area contributed by atoms with Crippen LogP contribution in [0.3, 0.4) is 0 Å². The average Bonchev–Trinajstić information content (AvgIpc) is 3.40. The fourth-order valence-electron chi connectivity index (χ4n) is 3.77. The van der Waals surface area contributed by atoms with E-state index in [0.29, 0.717) is 27.9 Å². The summed E-state index contributed by atoms with van der Waals surface area (Å²) in [7, 11) is 0. The van der Waals surface area contributed by atoms with Crippen molar-refractivity contribution in [2.24, 2.45) is 0 Å². The van der Waals surface area contributed by atoms with Crippen LogP contribution in [0.1, 0.15) is 28.8 Å². The lowest BCUT2D eigenvalue weighted by Crippen LogP contribution is -2.31. The molecule has 33 heavy (non-hydrogen) atoms. The molecule has 8 heteroatoms.